The maximum atomic E-state index is 12.7. The van der Waals surface area contributed by atoms with Gasteiger partial charge in [0.05, 0.1) is 6.07 Å². The lowest BCUT2D eigenvalue weighted by molar-refractivity contribution is 0.0994. The second-order valence-corrected chi connectivity index (χ2v) is 5.79. The molecular formula is C17H14ClN3O. The number of hydrogen-bond acceptors (Lipinski definition) is 3. The summed E-state index contributed by atoms with van der Waals surface area (Å²) in [6.45, 7) is 0. The Bertz CT molecular complexity index is 795. The fourth-order valence-electron chi connectivity index (χ4n) is 2.66. The van der Waals surface area contributed by atoms with Crippen LogP contribution in [-0.2, 0) is 0 Å². The van der Waals surface area contributed by atoms with E-state index in [1.165, 1.54) is 4.90 Å². The highest BCUT2D eigenvalue weighted by Gasteiger charge is 2.38. The summed E-state index contributed by atoms with van der Waals surface area (Å²) in [5.74, 6) is -0.172. The highest BCUT2D eigenvalue weighted by Crippen LogP contribution is 2.39. The molecule has 2 aromatic carbocycles. The zero-order valence-electron chi connectivity index (χ0n) is 12.2. The van der Waals surface area contributed by atoms with Crippen molar-refractivity contribution in [1.29, 1.82) is 5.26 Å². The Morgan fingerprint density at radius 3 is 2.68 bits per heavy atom. The Kier molecular flexibility index (Phi) is 3.51. The first-order valence-corrected chi connectivity index (χ1v) is 7.20. The predicted octanol–water partition coefficient (Wildman–Crippen LogP) is 3.63. The highest BCUT2D eigenvalue weighted by molar-refractivity contribution is 6.31. The van der Waals surface area contributed by atoms with Crippen molar-refractivity contribution in [3.8, 4) is 6.07 Å². The van der Waals surface area contributed by atoms with Gasteiger partial charge in [0, 0.05) is 41.6 Å². The maximum absolute atomic E-state index is 12.7. The number of halogens is 1. The quantitative estimate of drug-likeness (QED) is 0.851. The summed E-state index contributed by atoms with van der Waals surface area (Å²) in [5.41, 5.74) is 2.87. The van der Waals surface area contributed by atoms with Gasteiger partial charge in [-0.15, -0.1) is 0 Å². The first-order chi connectivity index (χ1) is 10.5. The highest BCUT2D eigenvalue weighted by atomic mass is 35.5. The third-order valence-corrected chi connectivity index (χ3v) is 4.00. The van der Waals surface area contributed by atoms with Gasteiger partial charge in [-0.3, -0.25) is 9.69 Å². The topological polar surface area (TPSA) is 47.3 Å². The van der Waals surface area contributed by atoms with E-state index >= 15 is 0 Å². The molecule has 2 aromatic rings. The number of anilines is 2. The molecule has 0 radical (unpaired) electrons. The van der Waals surface area contributed by atoms with Gasteiger partial charge in [-0.2, -0.15) is 5.26 Å². The van der Waals surface area contributed by atoms with Crippen molar-refractivity contribution in [2.75, 3.05) is 23.9 Å². The van der Waals surface area contributed by atoms with E-state index in [1.54, 1.807) is 18.2 Å². The number of fused-ring (bicyclic) bond motifs is 1. The molecule has 0 fully saturated rings. The van der Waals surface area contributed by atoms with Crippen molar-refractivity contribution in [2.45, 2.75) is 6.04 Å². The third kappa shape index (κ3) is 2.20. The fourth-order valence-corrected chi connectivity index (χ4v) is 2.84. The molecular weight excluding hydrogens is 298 g/mol. The van der Waals surface area contributed by atoms with Crippen LogP contribution in [0, 0.1) is 11.3 Å². The van der Waals surface area contributed by atoms with Crippen molar-refractivity contribution in [3.63, 3.8) is 0 Å². The van der Waals surface area contributed by atoms with Gasteiger partial charge in [-0.1, -0.05) is 17.7 Å². The van der Waals surface area contributed by atoms with E-state index in [2.05, 4.69) is 6.07 Å². The Morgan fingerprint density at radius 2 is 2.00 bits per heavy atom. The number of benzene rings is 2. The van der Waals surface area contributed by atoms with Crippen LogP contribution in [0.3, 0.4) is 0 Å². The lowest BCUT2D eigenvalue weighted by Gasteiger charge is -2.22. The number of nitrogens with zero attached hydrogens (tertiary/aromatic N) is 3. The van der Waals surface area contributed by atoms with Crippen LogP contribution >= 0.6 is 11.6 Å². The Hall–Kier alpha value is -2.51. The number of amides is 1. The lowest BCUT2D eigenvalue weighted by Crippen LogP contribution is -2.27. The van der Waals surface area contributed by atoms with Gasteiger partial charge < -0.3 is 4.90 Å². The molecule has 0 bridgehead atoms. The maximum Gasteiger partial charge on any atom is 0.260 e. The first-order valence-electron chi connectivity index (χ1n) is 6.83. The zero-order valence-corrected chi connectivity index (χ0v) is 13.0. The van der Waals surface area contributed by atoms with E-state index in [9.17, 15) is 10.1 Å². The van der Waals surface area contributed by atoms with Gasteiger partial charge in [-0.25, -0.2) is 0 Å². The number of rotatable bonds is 2. The average Bonchev–Trinajstić information content (AvgIpc) is 2.79. The van der Waals surface area contributed by atoms with Crippen LogP contribution in [0.25, 0.3) is 0 Å². The largest absolute Gasteiger partial charge is 0.378 e. The molecule has 4 nitrogen and oxygen atoms in total. The van der Waals surface area contributed by atoms with E-state index < -0.39 is 6.04 Å². The van der Waals surface area contributed by atoms with Crippen LogP contribution in [0.15, 0.2) is 42.5 Å². The number of carbonyl (C=O) groups excluding carboxylic acids is 1. The normalized spacial score (nSPS) is 16.4. The monoisotopic (exact) mass is 311 g/mol. The molecule has 1 heterocycles. The Morgan fingerprint density at radius 1 is 1.23 bits per heavy atom. The second-order valence-electron chi connectivity index (χ2n) is 5.35. The van der Waals surface area contributed by atoms with Gasteiger partial charge >= 0.3 is 0 Å². The number of hydrogen-bond donors (Lipinski definition) is 0. The van der Waals surface area contributed by atoms with E-state index in [1.807, 2.05) is 43.3 Å². The van der Waals surface area contributed by atoms with Crippen molar-refractivity contribution in [2.24, 2.45) is 0 Å². The summed E-state index contributed by atoms with van der Waals surface area (Å²) in [6.07, 6.45) is 0. The predicted molar refractivity (Wildman–Crippen MR) is 87.4 cm³/mol. The number of nitriles is 1. The van der Waals surface area contributed by atoms with E-state index in [-0.39, 0.29) is 5.91 Å². The minimum atomic E-state index is -0.654. The van der Waals surface area contributed by atoms with Crippen LogP contribution in [0.5, 0.6) is 0 Å². The smallest absolute Gasteiger partial charge is 0.260 e. The molecule has 1 aliphatic heterocycles. The standard InChI is InChI=1S/C17H14ClN3O/c1-20(2)12-4-3-5-13(9-12)21-16(10-19)15-8-11(18)6-7-14(15)17(21)22/h3-9,16H,1-2H3. The molecule has 22 heavy (non-hydrogen) atoms. The van der Waals surface area contributed by atoms with Gasteiger partial charge in [-0.05, 0) is 36.4 Å². The van der Waals surface area contributed by atoms with Crippen molar-refractivity contribution >= 4 is 28.9 Å². The van der Waals surface area contributed by atoms with E-state index in [0.29, 0.717) is 21.8 Å². The molecule has 1 atom stereocenters. The van der Waals surface area contributed by atoms with Crippen molar-refractivity contribution < 1.29 is 4.79 Å². The minimum absolute atomic E-state index is 0.172. The van der Waals surface area contributed by atoms with Crippen molar-refractivity contribution in [1.82, 2.24) is 0 Å². The summed E-state index contributed by atoms with van der Waals surface area (Å²) in [5, 5.41) is 10.1. The van der Waals surface area contributed by atoms with Crippen molar-refractivity contribution in [3.05, 3.63) is 58.6 Å². The molecule has 0 saturated carbocycles. The molecule has 0 N–H and O–H groups in total. The van der Waals surface area contributed by atoms with E-state index in [0.717, 1.165) is 5.69 Å². The summed E-state index contributed by atoms with van der Waals surface area (Å²) in [6, 6.07) is 14.2. The zero-order chi connectivity index (χ0) is 15.9. The summed E-state index contributed by atoms with van der Waals surface area (Å²) < 4.78 is 0. The SMILES string of the molecule is CN(C)c1cccc(N2C(=O)c3ccc(Cl)cc3C2C#N)c1. The molecule has 0 aromatic heterocycles. The van der Waals surface area contributed by atoms with Crippen LogP contribution in [0.4, 0.5) is 11.4 Å². The summed E-state index contributed by atoms with van der Waals surface area (Å²) in [7, 11) is 3.86. The fraction of sp³-hybridized carbons (Fsp3) is 0.176. The molecule has 0 spiro atoms. The van der Waals surface area contributed by atoms with Gasteiger partial charge in [0.25, 0.3) is 5.91 Å². The molecule has 1 unspecified atom stereocenters. The lowest BCUT2D eigenvalue weighted by atomic mass is 10.1. The average molecular weight is 312 g/mol. The van der Waals surface area contributed by atoms with Gasteiger partial charge in [0.2, 0.25) is 0 Å². The minimum Gasteiger partial charge on any atom is -0.378 e. The van der Waals surface area contributed by atoms with Crippen LogP contribution in [0.2, 0.25) is 5.02 Å². The summed E-state index contributed by atoms with van der Waals surface area (Å²) >= 11 is 6.01. The molecule has 110 valence electrons. The van der Waals surface area contributed by atoms with Crippen LogP contribution in [0.1, 0.15) is 22.0 Å². The number of carbonyl (C=O) groups is 1. The molecule has 0 aliphatic carbocycles. The van der Waals surface area contributed by atoms with Gasteiger partial charge in [0.1, 0.15) is 0 Å². The molecule has 1 amide bonds. The van der Waals surface area contributed by atoms with Gasteiger partial charge in [0.15, 0.2) is 6.04 Å². The molecule has 3 rings (SSSR count). The third-order valence-electron chi connectivity index (χ3n) is 3.76. The van der Waals surface area contributed by atoms with Crippen LogP contribution in [-0.4, -0.2) is 20.0 Å². The molecule has 5 heteroatoms. The molecule has 0 saturated heterocycles. The Balaban J connectivity index is 2.11. The van der Waals surface area contributed by atoms with E-state index in [4.69, 9.17) is 11.6 Å². The van der Waals surface area contributed by atoms with Crippen LogP contribution < -0.4 is 9.80 Å². The first kappa shape index (κ1) is 14.4. The second kappa shape index (κ2) is 5.36. The summed E-state index contributed by atoms with van der Waals surface area (Å²) in [4.78, 5) is 16.2. The Labute approximate surface area is 134 Å². The molecule has 1 aliphatic rings.